The summed E-state index contributed by atoms with van der Waals surface area (Å²) in [7, 11) is 0. The summed E-state index contributed by atoms with van der Waals surface area (Å²) in [6.45, 7) is 13.6. The molecule has 2 aliphatic rings. The van der Waals surface area contributed by atoms with E-state index in [0.29, 0.717) is 37.5 Å². The lowest BCUT2D eigenvalue weighted by atomic mass is 9.98. The summed E-state index contributed by atoms with van der Waals surface area (Å²) < 4.78 is 11.4. The Morgan fingerprint density at radius 1 is 1.43 bits per heavy atom. The van der Waals surface area contributed by atoms with E-state index in [4.69, 9.17) is 9.47 Å². The zero-order valence-electron chi connectivity index (χ0n) is 14.7. The highest BCUT2D eigenvalue weighted by atomic mass is 16.7. The third kappa shape index (κ3) is 4.78. The molecule has 2 saturated heterocycles. The maximum Gasteiger partial charge on any atom is 0.276 e. The highest BCUT2D eigenvalue weighted by Crippen LogP contribution is 2.24. The molecule has 0 aromatic rings. The quantitative estimate of drug-likeness (QED) is 0.563. The van der Waals surface area contributed by atoms with E-state index in [9.17, 15) is 10.1 Å². The molecule has 132 valence electrons. The predicted octanol–water partition coefficient (Wildman–Crippen LogP) is 1.60. The van der Waals surface area contributed by atoms with Crippen LogP contribution in [0.4, 0.5) is 0 Å². The van der Waals surface area contributed by atoms with Gasteiger partial charge in [0.15, 0.2) is 5.03 Å². The fourth-order valence-electron chi connectivity index (χ4n) is 3.12. The Hall–Kier alpha value is -1.41. The largest absolute Gasteiger partial charge is 0.381 e. The molecule has 2 aliphatic heterocycles. The van der Waals surface area contributed by atoms with Crippen molar-refractivity contribution in [2.45, 2.75) is 46.4 Å². The minimum Gasteiger partial charge on any atom is -0.381 e. The van der Waals surface area contributed by atoms with E-state index in [1.165, 1.54) is 0 Å². The molecule has 0 N–H and O–H groups in total. The number of nitro groups is 1. The molecule has 0 aromatic carbocycles. The number of hydrogen-bond donors (Lipinski definition) is 0. The van der Waals surface area contributed by atoms with Crippen LogP contribution >= 0.6 is 0 Å². The molecule has 23 heavy (non-hydrogen) atoms. The summed E-state index contributed by atoms with van der Waals surface area (Å²) in [4.78, 5) is 14.8. The Labute approximate surface area is 137 Å². The van der Waals surface area contributed by atoms with Crippen molar-refractivity contribution >= 4 is 5.96 Å². The number of guanidine groups is 1. The molecular formula is C15H28N4O4. The summed E-state index contributed by atoms with van der Waals surface area (Å²) in [6, 6.07) is 0. The Morgan fingerprint density at radius 2 is 2.13 bits per heavy atom. The fourth-order valence-corrected chi connectivity index (χ4v) is 3.12. The molecular weight excluding hydrogens is 300 g/mol. The second-order valence-electron chi connectivity index (χ2n) is 7.38. The maximum atomic E-state index is 11.0. The molecule has 0 spiro atoms. The van der Waals surface area contributed by atoms with Gasteiger partial charge >= 0.3 is 0 Å². The smallest absolute Gasteiger partial charge is 0.276 e. The number of hydrazone groups is 1. The number of hydrogen-bond acceptors (Lipinski definition) is 4. The lowest BCUT2D eigenvalue weighted by Crippen LogP contribution is -2.45. The molecule has 0 aliphatic carbocycles. The first-order valence-electron chi connectivity index (χ1n) is 8.17. The van der Waals surface area contributed by atoms with Crippen molar-refractivity contribution in [3.8, 4) is 0 Å². The summed E-state index contributed by atoms with van der Waals surface area (Å²) in [5.74, 6) is 1.24. The summed E-state index contributed by atoms with van der Waals surface area (Å²) in [5, 5.41) is 14.0. The van der Waals surface area contributed by atoms with Gasteiger partial charge in [-0.1, -0.05) is 6.92 Å². The monoisotopic (exact) mass is 328 g/mol. The molecule has 0 radical (unpaired) electrons. The zero-order valence-corrected chi connectivity index (χ0v) is 14.7. The van der Waals surface area contributed by atoms with Gasteiger partial charge in [-0.3, -0.25) is 0 Å². The van der Waals surface area contributed by atoms with E-state index in [1.807, 2.05) is 37.5 Å². The van der Waals surface area contributed by atoms with Gasteiger partial charge in [-0.2, -0.15) is 0 Å². The van der Waals surface area contributed by atoms with Crippen molar-refractivity contribution in [1.29, 1.82) is 0 Å². The summed E-state index contributed by atoms with van der Waals surface area (Å²) >= 11 is 0. The van der Waals surface area contributed by atoms with Crippen LogP contribution in [0.2, 0.25) is 0 Å². The van der Waals surface area contributed by atoms with Gasteiger partial charge in [-0.15, -0.1) is 0 Å². The topological polar surface area (TPSA) is 80.4 Å². The third-order valence-electron chi connectivity index (χ3n) is 4.26. The van der Waals surface area contributed by atoms with Crippen LogP contribution in [0.3, 0.4) is 0 Å². The van der Waals surface area contributed by atoms with E-state index >= 15 is 0 Å². The zero-order chi connectivity index (χ0) is 17.2. The lowest BCUT2D eigenvalue weighted by Gasteiger charge is -2.32. The van der Waals surface area contributed by atoms with Crippen LogP contribution in [-0.4, -0.2) is 65.5 Å². The molecule has 2 rings (SSSR count). The number of rotatable bonds is 5. The number of ether oxygens (including phenoxy) is 2. The molecule has 3 atom stereocenters. The van der Waals surface area contributed by atoms with Crippen LogP contribution in [0.5, 0.6) is 0 Å². The van der Waals surface area contributed by atoms with Crippen LogP contribution in [0.25, 0.3) is 0 Å². The van der Waals surface area contributed by atoms with Gasteiger partial charge in [0.25, 0.3) is 5.96 Å². The van der Waals surface area contributed by atoms with Crippen LogP contribution < -0.4 is 0 Å². The fraction of sp³-hybridized carbons (Fsp3) is 0.933. The van der Waals surface area contributed by atoms with Gasteiger partial charge in [-0.05, 0) is 33.6 Å². The van der Waals surface area contributed by atoms with Crippen molar-refractivity contribution in [1.82, 2.24) is 9.80 Å². The van der Waals surface area contributed by atoms with Gasteiger partial charge in [-0.25, -0.2) is 10.1 Å². The Balaban J connectivity index is 2.10. The molecule has 0 bridgehead atoms. The molecule has 8 nitrogen and oxygen atoms in total. The van der Waals surface area contributed by atoms with Crippen molar-refractivity contribution in [2.75, 3.05) is 32.8 Å². The van der Waals surface area contributed by atoms with Crippen LogP contribution in [0.15, 0.2) is 5.10 Å². The molecule has 0 saturated carbocycles. The highest BCUT2D eigenvalue weighted by Gasteiger charge is 2.37. The van der Waals surface area contributed by atoms with Crippen molar-refractivity contribution in [3.05, 3.63) is 10.1 Å². The van der Waals surface area contributed by atoms with Crippen molar-refractivity contribution < 1.29 is 14.5 Å². The lowest BCUT2D eigenvalue weighted by molar-refractivity contribution is -0.486. The first-order chi connectivity index (χ1) is 10.7. The molecule has 2 heterocycles. The van der Waals surface area contributed by atoms with Gasteiger partial charge in [0.05, 0.1) is 12.2 Å². The Morgan fingerprint density at radius 3 is 2.65 bits per heavy atom. The van der Waals surface area contributed by atoms with Gasteiger partial charge < -0.3 is 19.3 Å². The molecule has 0 amide bonds. The Bertz CT molecular complexity index is 463. The average Bonchev–Trinajstić information content (AvgIpc) is 2.96. The van der Waals surface area contributed by atoms with E-state index in [0.717, 1.165) is 13.2 Å². The van der Waals surface area contributed by atoms with E-state index in [2.05, 4.69) is 12.0 Å². The SMILES string of the molecule is CC1COCC1CN1CCN(C(C)OC(C)(C)C)C1=N[N+](=O)[O-]. The first kappa shape index (κ1) is 17.9. The van der Waals surface area contributed by atoms with Gasteiger partial charge in [0, 0.05) is 32.2 Å². The average molecular weight is 328 g/mol. The van der Waals surface area contributed by atoms with Gasteiger partial charge in [0.2, 0.25) is 0 Å². The van der Waals surface area contributed by atoms with Crippen molar-refractivity contribution in [2.24, 2.45) is 16.9 Å². The second-order valence-corrected chi connectivity index (χ2v) is 7.38. The maximum absolute atomic E-state index is 11.0. The van der Waals surface area contributed by atoms with E-state index in [-0.39, 0.29) is 11.8 Å². The van der Waals surface area contributed by atoms with Crippen LogP contribution in [0.1, 0.15) is 34.6 Å². The van der Waals surface area contributed by atoms with Crippen molar-refractivity contribution in [3.63, 3.8) is 0 Å². The molecule has 8 heteroatoms. The van der Waals surface area contributed by atoms with Gasteiger partial charge in [0.1, 0.15) is 11.3 Å². The summed E-state index contributed by atoms with van der Waals surface area (Å²) in [6.07, 6.45) is -0.268. The van der Waals surface area contributed by atoms with E-state index in [1.54, 1.807) is 0 Å². The first-order valence-corrected chi connectivity index (χ1v) is 8.17. The number of nitrogens with zero attached hydrogens (tertiary/aromatic N) is 4. The van der Waals surface area contributed by atoms with Crippen LogP contribution in [0, 0.1) is 22.0 Å². The van der Waals surface area contributed by atoms with Crippen LogP contribution in [-0.2, 0) is 9.47 Å². The standard InChI is InChI=1S/C15H28N4O4/c1-11-9-22-10-13(11)8-17-6-7-18(14(17)16-19(20)21)12(2)23-15(3,4)5/h11-13H,6-10H2,1-5H3. The Kier molecular flexibility index (Phi) is 5.46. The molecule has 2 fully saturated rings. The second kappa shape index (κ2) is 7.00. The predicted molar refractivity (Wildman–Crippen MR) is 86.5 cm³/mol. The minimum absolute atomic E-state index is 0.268. The molecule has 3 unspecified atom stereocenters. The van der Waals surface area contributed by atoms with E-state index < -0.39 is 5.03 Å². The summed E-state index contributed by atoms with van der Waals surface area (Å²) in [5.41, 5.74) is -0.319. The molecule has 0 aromatic heterocycles. The third-order valence-corrected chi connectivity index (χ3v) is 4.26. The normalized spacial score (nSPS) is 28.7. The highest BCUT2D eigenvalue weighted by molar-refractivity contribution is 5.81. The minimum atomic E-state index is -0.626.